The lowest BCUT2D eigenvalue weighted by Crippen LogP contribution is -2.54. The number of hydrogen-bond acceptors (Lipinski definition) is 5. The lowest BCUT2D eigenvalue weighted by atomic mass is 9.55. The molecule has 4 aliphatic rings. The summed E-state index contributed by atoms with van der Waals surface area (Å²) in [6, 6.07) is 7.79. The third kappa shape index (κ3) is 5.14. The molecule has 1 amide bonds. The molecule has 1 aliphatic heterocycles. The Morgan fingerprint density at radius 2 is 1.85 bits per heavy atom. The number of aliphatic carboxylic acids is 1. The van der Waals surface area contributed by atoms with Gasteiger partial charge in [-0.1, -0.05) is 43.2 Å². The number of esters is 1. The highest BCUT2D eigenvalue weighted by Crippen LogP contribution is 2.57. The van der Waals surface area contributed by atoms with Crippen LogP contribution in [-0.4, -0.2) is 59.1 Å². The number of rotatable bonds is 9. The Hall–Kier alpha value is -2.41. The average Bonchev–Trinajstić information content (AvgIpc) is 3.21. The first-order valence-corrected chi connectivity index (χ1v) is 12.8. The summed E-state index contributed by atoms with van der Waals surface area (Å²) in [7, 11) is 0. The van der Waals surface area contributed by atoms with E-state index in [0.717, 1.165) is 24.8 Å². The lowest BCUT2D eigenvalue weighted by Gasteiger charge is -2.50. The van der Waals surface area contributed by atoms with Crippen LogP contribution >= 0.6 is 0 Å². The summed E-state index contributed by atoms with van der Waals surface area (Å²) in [6.07, 6.45) is 7.53. The van der Waals surface area contributed by atoms with Gasteiger partial charge in [-0.2, -0.15) is 0 Å². The Kier molecular flexibility index (Phi) is 7.60. The van der Waals surface area contributed by atoms with E-state index in [9.17, 15) is 19.5 Å². The van der Waals surface area contributed by atoms with Gasteiger partial charge in [0.25, 0.3) is 0 Å². The lowest BCUT2D eigenvalue weighted by molar-refractivity contribution is -0.150. The highest BCUT2D eigenvalue weighted by Gasteiger charge is 2.56. The van der Waals surface area contributed by atoms with Crippen LogP contribution < -0.4 is 5.32 Å². The van der Waals surface area contributed by atoms with Crippen molar-refractivity contribution < 1.29 is 24.2 Å². The topological polar surface area (TPSA) is 95.9 Å². The van der Waals surface area contributed by atoms with E-state index < -0.39 is 24.1 Å². The quantitative estimate of drug-likeness (QED) is 0.537. The zero-order valence-corrected chi connectivity index (χ0v) is 20.4. The number of nitrogens with one attached hydrogen (secondary N) is 1. The van der Waals surface area contributed by atoms with E-state index >= 15 is 0 Å². The molecule has 0 radical (unpaired) electrons. The minimum Gasteiger partial charge on any atom is -0.480 e. The highest BCUT2D eigenvalue weighted by molar-refractivity contribution is 5.88. The number of carboxylic acid groups (broad SMARTS) is 1. The van der Waals surface area contributed by atoms with Crippen LogP contribution in [0, 0.1) is 17.3 Å². The summed E-state index contributed by atoms with van der Waals surface area (Å²) in [6.45, 7) is 4.28. The third-order valence-corrected chi connectivity index (χ3v) is 8.39. The molecule has 4 fully saturated rings. The number of aryl methyl sites for hydroxylation is 1. The van der Waals surface area contributed by atoms with E-state index in [1.807, 2.05) is 30.3 Å². The highest BCUT2D eigenvalue weighted by atomic mass is 16.5. The SMILES string of the molecule is CCOC(=O)C(CCc1ccccc1)N[C@@H](C)C(=O)N1CC2(CC3CCC2CC3)CC1C(=O)O. The van der Waals surface area contributed by atoms with Gasteiger partial charge in [0.05, 0.1) is 12.6 Å². The second-order valence-electron chi connectivity index (χ2n) is 10.5. The molecule has 1 spiro atoms. The zero-order chi connectivity index (χ0) is 24.3. The monoisotopic (exact) mass is 470 g/mol. The van der Waals surface area contributed by atoms with Gasteiger partial charge in [0.2, 0.25) is 5.91 Å². The second-order valence-corrected chi connectivity index (χ2v) is 10.5. The van der Waals surface area contributed by atoms with E-state index in [1.54, 1.807) is 18.7 Å². The van der Waals surface area contributed by atoms with Crippen molar-refractivity contribution in [3.05, 3.63) is 35.9 Å². The van der Waals surface area contributed by atoms with Gasteiger partial charge >= 0.3 is 11.9 Å². The van der Waals surface area contributed by atoms with Gasteiger partial charge < -0.3 is 14.7 Å². The predicted molar refractivity (Wildman–Crippen MR) is 128 cm³/mol. The van der Waals surface area contributed by atoms with Gasteiger partial charge in [-0.25, -0.2) is 4.79 Å². The van der Waals surface area contributed by atoms with Crippen molar-refractivity contribution in [2.24, 2.45) is 17.3 Å². The molecule has 2 N–H and O–H groups in total. The smallest absolute Gasteiger partial charge is 0.326 e. The fourth-order valence-electron chi connectivity index (χ4n) is 6.72. The van der Waals surface area contributed by atoms with Gasteiger partial charge in [0, 0.05) is 6.54 Å². The fourth-order valence-corrected chi connectivity index (χ4v) is 6.72. The van der Waals surface area contributed by atoms with Gasteiger partial charge in [-0.15, -0.1) is 0 Å². The molecule has 1 heterocycles. The van der Waals surface area contributed by atoms with Crippen LogP contribution in [0.25, 0.3) is 0 Å². The summed E-state index contributed by atoms with van der Waals surface area (Å²) in [4.78, 5) is 39.9. The Balaban J connectivity index is 1.45. The van der Waals surface area contributed by atoms with Crippen LogP contribution in [0.3, 0.4) is 0 Å². The first kappa shape index (κ1) is 24.7. The molecule has 7 heteroatoms. The second kappa shape index (κ2) is 10.5. The molecule has 0 aromatic heterocycles. The minimum atomic E-state index is -0.926. The van der Waals surface area contributed by atoms with Gasteiger partial charge in [-0.05, 0) is 75.2 Å². The Morgan fingerprint density at radius 1 is 1.15 bits per heavy atom. The number of benzene rings is 1. The van der Waals surface area contributed by atoms with E-state index in [1.165, 1.54) is 12.8 Å². The molecule has 7 nitrogen and oxygen atoms in total. The minimum absolute atomic E-state index is 0.0620. The van der Waals surface area contributed by atoms with Crippen LogP contribution in [0.1, 0.15) is 64.4 Å². The number of carbonyl (C=O) groups excluding carboxylic acids is 2. The van der Waals surface area contributed by atoms with Gasteiger partial charge in [-0.3, -0.25) is 14.9 Å². The van der Waals surface area contributed by atoms with Crippen molar-refractivity contribution >= 4 is 17.8 Å². The van der Waals surface area contributed by atoms with Gasteiger partial charge in [0.15, 0.2) is 0 Å². The Bertz CT molecular complexity index is 882. The van der Waals surface area contributed by atoms with E-state index in [0.29, 0.717) is 37.6 Å². The largest absolute Gasteiger partial charge is 0.480 e. The summed E-state index contributed by atoms with van der Waals surface area (Å²) >= 11 is 0. The molecule has 1 aromatic rings. The molecule has 1 aromatic carbocycles. The van der Waals surface area contributed by atoms with Crippen molar-refractivity contribution in [1.29, 1.82) is 0 Å². The van der Waals surface area contributed by atoms with Crippen molar-refractivity contribution in [2.45, 2.75) is 83.3 Å². The maximum atomic E-state index is 13.5. The normalized spacial score (nSPS) is 29.7. The molecular weight excluding hydrogens is 432 g/mol. The third-order valence-electron chi connectivity index (χ3n) is 8.39. The molecule has 3 saturated carbocycles. The van der Waals surface area contributed by atoms with Crippen LogP contribution in [-0.2, 0) is 25.5 Å². The molecule has 2 bridgehead atoms. The molecule has 1 saturated heterocycles. The van der Waals surface area contributed by atoms with Crippen molar-refractivity contribution in [3.63, 3.8) is 0 Å². The van der Waals surface area contributed by atoms with Crippen LogP contribution in [0.15, 0.2) is 30.3 Å². The maximum Gasteiger partial charge on any atom is 0.326 e. The molecule has 34 heavy (non-hydrogen) atoms. The number of carbonyl (C=O) groups is 3. The molecule has 3 unspecified atom stereocenters. The fraction of sp³-hybridized carbons (Fsp3) is 0.667. The molecule has 4 atom stereocenters. The standard InChI is InChI=1S/C27H38N2O5/c1-3-34-26(33)22(14-11-19-7-5-4-6-8-19)28-18(2)24(30)29-17-27(16-23(29)25(31)32)15-20-9-12-21(27)13-10-20/h4-8,18,20-23,28H,3,9-17H2,1-2H3,(H,31,32)/t18-,20?,21?,22?,23?,27?/m0/s1. The van der Waals surface area contributed by atoms with Crippen LogP contribution in [0.4, 0.5) is 0 Å². The van der Waals surface area contributed by atoms with E-state index in [4.69, 9.17) is 4.74 Å². The van der Waals surface area contributed by atoms with Crippen LogP contribution in [0.2, 0.25) is 0 Å². The van der Waals surface area contributed by atoms with Crippen molar-refractivity contribution in [1.82, 2.24) is 10.2 Å². The molecule has 186 valence electrons. The predicted octanol–water partition coefficient (Wildman–Crippen LogP) is 3.41. The number of likely N-dealkylation sites (tertiary alicyclic amines) is 1. The number of ether oxygens (including phenoxy) is 1. The number of amides is 1. The number of fused-ring (bicyclic) bond motifs is 2. The summed E-state index contributed by atoms with van der Waals surface area (Å²) in [5.74, 6) is -0.366. The van der Waals surface area contributed by atoms with E-state index in [-0.39, 0.29) is 23.9 Å². The molecule has 3 aliphatic carbocycles. The average molecular weight is 471 g/mol. The van der Waals surface area contributed by atoms with Gasteiger partial charge in [0.1, 0.15) is 12.1 Å². The Labute approximate surface area is 202 Å². The van der Waals surface area contributed by atoms with E-state index in [2.05, 4.69) is 5.32 Å². The first-order valence-electron chi connectivity index (χ1n) is 12.8. The number of nitrogens with zero attached hydrogens (tertiary/aromatic N) is 1. The zero-order valence-electron chi connectivity index (χ0n) is 20.4. The van der Waals surface area contributed by atoms with Crippen molar-refractivity contribution in [3.8, 4) is 0 Å². The first-order chi connectivity index (χ1) is 16.3. The summed E-state index contributed by atoms with van der Waals surface area (Å²) in [5, 5.41) is 13.1. The Morgan fingerprint density at radius 3 is 2.44 bits per heavy atom. The maximum absolute atomic E-state index is 13.5. The molecule has 5 rings (SSSR count). The summed E-state index contributed by atoms with van der Waals surface area (Å²) in [5.41, 5.74) is 1.05. The van der Waals surface area contributed by atoms with Crippen LogP contribution in [0.5, 0.6) is 0 Å². The number of carboxylic acids is 1. The van der Waals surface area contributed by atoms with Crippen molar-refractivity contribution in [2.75, 3.05) is 13.2 Å². The number of hydrogen-bond donors (Lipinski definition) is 2. The molecular formula is C27H38N2O5. The summed E-state index contributed by atoms with van der Waals surface area (Å²) < 4.78 is 5.26.